The van der Waals surface area contributed by atoms with Crippen LogP contribution in [0.3, 0.4) is 0 Å². The molecule has 0 bridgehead atoms. The van der Waals surface area contributed by atoms with E-state index in [1.54, 1.807) is 18.2 Å². The van der Waals surface area contributed by atoms with Gasteiger partial charge in [-0.3, -0.25) is 10.1 Å². The molecule has 0 fully saturated rings. The van der Waals surface area contributed by atoms with Gasteiger partial charge in [-0.1, -0.05) is 31.2 Å². The Hall–Kier alpha value is -3.95. The number of carbonyl (C=O) groups is 1. The van der Waals surface area contributed by atoms with E-state index in [0.717, 1.165) is 16.9 Å². The van der Waals surface area contributed by atoms with E-state index in [0.29, 0.717) is 35.2 Å². The van der Waals surface area contributed by atoms with Crippen LogP contribution in [0.1, 0.15) is 23.6 Å². The number of carbonyl (C=O) groups excluding carboxylic acids is 1. The second-order valence-corrected chi connectivity index (χ2v) is 10.7. The first-order chi connectivity index (χ1) is 17.7. The van der Waals surface area contributed by atoms with Gasteiger partial charge >= 0.3 is 0 Å². The molecular formula is C25H26N4O6S2. The zero-order valence-electron chi connectivity index (χ0n) is 20.8. The lowest BCUT2D eigenvalue weighted by Crippen LogP contribution is -2.14. The zero-order chi connectivity index (χ0) is 27.0. The smallest absolute Gasteiger partial charge is 0.268 e. The molecule has 10 nitrogen and oxygen atoms in total. The molecule has 0 aliphatic heterocycles. The fraction of sp³-hybridized carbons (Fsp3) is 0.280. The number of rotatable bonds is 11. The van der Waals surface area contributed by atoms with Gasteiger partial charge in [-0.05, 0) is 48.7 Å². The van der Waals surface area contributed by atoms with Gasteiger partial charge in [0, 0.05) is 11.5 Å². The Bertz CT molecular complexity index is 1440. The topological polar surface area (TPSA) is 140 Å². The number of para-hydroxylation sites is 1. The van der Waals surface area contributed by atoms with Crippen LogP contribution in [-0.4, -0.2) is 49.8 Å². The number of hydrogen-bond acceptors (Lipinski definition) is 10. The van der Waals surface area contributed by atoms with E-state index >= 15 is 0 Å². The summed E-state index contributed by atoms with van der Waals surface area (Å²) in [5, 5.41) is 11.5. The number of ether oxygens (including phenoxy) is 3. The summed E-state index contributed by atoms with van der Waals surface area (Å²) in [5.74, 6) is 0.810. The van der Waals surface area contributed by atoms with Crippen LogP contribution < -0.4 is 19.5 Å². The number of methoxy groups -OCH3 is 1. The Morgan fingerprint density at radius 3 is 2.49 bits per heavy atom. The molecule has 0 aliphatic carbocycles. The van der Waals surface area contributed by atoms with Gasteiger partial charge in [0.25, 0.3) is 11.1 Å². The zero-order valence-corrected chi connectivity index (χ0v) is 22.4. The van der Waals surface area contributed by atoms with E-state index in [1.165, 1.54) is 20.1 Å². The molecule has 0 atom stereocenters. The highest BCUT2D eigenvalue weighted by atomic mass is 32.2. The number of amides is 1. The van der Waals surface area contributed by atoms with Crippen LogP contribution in [0.2, 0.25) is 0 Å². The first-order valence-corrected chi connectivity index (χ1v) is 13.6. The first-order valence-electron chi connectivity index (χ1n) is 11.2. The Morgan fingerprint density at radius 1 is 1.14 bits per heavy atom. The van der Waals surface area contributed by atoms with Crippen LogP contribution in [-0.2, 0) is 14.6 Å². The van der Waals surface area contributed by atoms with E-state index in [-0.39, 0.29) is 28.2 Å². The van der Waals surface area contributed by atoms with Crippen molar-refractivity contribution in [3.63, 3.8) is 0 Å². The quantitative estimate of drug-likeness (QED) is 0.216. The molecule has 0 saturated heterocycles. The molecule has 3 aromatic rings. The molecular weight excluding hydrogens is 516 g/mol. The van der Waals surface area contributed by atoms with Crippen molar-refractivity contribution in [2.75, 3.05) is 31.4 Å². The predicted octanol–water partition coefficient (Wildman–Crippen LogP) is 3.96. The van der Waals surface area contributed by atoms with Crippen molar-refractivity contribution in [3.05, 3.63) is 58.7 Å². The second kappa shape index (κ2) is 12.3. The highest BCUT2D eigenvalue weighted by Gasteiger charge is 2.20. The van der Waals surface area contributed by atoms with Crippen LogP contribution in [0.4, 0.5) is 5.13 Å². The summed E-state index contributed by atoms with van der Waals surface area (Å²) < 4.78 is 44.6. The van der Waals surface area contributed by atoms with Gasteiger partial charge in [-0.15, -0.1) is 0 Å². The predicted molar refractivity (Wildman–Crippen MR) is 140 cm³/mol. The highest BCUT2D eigenvalue weighted by Crippen LogP contribution is 2.29. The molecule has 37 heavy (non-hydrogen) atoms. The number of nitrogens with zero attached hydrogens (tertiary/aromatic N) is 3. The van der Waals surface area contributed by atoms with E-state index in [9.17, 15) is 18.5 Å². The molecule has 0 saturated carbocycles. The molecule has 1 aromatic heterocycles. The third kappa shape index (κ3) is 7.05. The van der Waals surface area contributed by atoms with Gasteiger partial charge in [0.15, 0.2) is 11.5 Å². The maximum atomic E-state index is 12.6. The van der Waals surface area contributed by atoms with Gasteiger partial charge in [0.1, 0.15) is 30.6 Å². The van der Waals surface area contributed by atoms with Crippen molar-refractivity contribution in [1.82, 2.24) is 9.36 Å². The van der Waals surface area contributed by atoms with Gasteiger partial charge in [-0.25, -0.2) is 8.42 Å². The van der Waals surface area contributed by atoms with Gasteiger partial charge < -0.3 is 14.2 Å². The molecule has 0 spiro atoms. The van der Waals surface area contributed by atoms with E-state index in [2.05, 4.69) is 14.7 Å². The summed E-state index contributed by atoms with van der Waals surface area (Å²) >= 11 is 0.716. The summed E-state index contributed by atoms with van der Waals surface area (Å²) in [4.78, 5) is 16.4. The van der Waals surface area contributed by atoms with Crippen LogP contribution in [0.25, 0.3) is 6.08 Å². The Morgan fingerprint density at radius 2 is 1.84 bits per heavy atom. The lowest BCUT2D eigenvalue weighted by atomic mass is 10.1. The van der Waals surface area contributed by atoms with Crippen molar-refractivity contribution in [2.24, 2.45) is 0 Å². The minimum absolute atomic E-state index is 0.0254. The Kier molecular flexibility index (Phi) is 9.21. The summed E-state index contributed by atoms with van der Waals surface area (Å²) in [6.07, 6.45) is 1.37. The number of aryl methyl sites for hydroxylation is 2. The molecule has 1 heterocycles. The molecule has 1 N–H and O–H groups in total. The molecule has 2 aromatic carbocycles. The number of anilines is 1. The summed E-state index contributed by atoms with van der Waals surface area (Å²) in [6, 6.07) is 12.7. The Labute approximate surface area is 219 Å². The molecule has 12 heteroatoms. The van der Waals surface area contributed by atoms with Gasteiger partial charge in [0.2, 0.25) is 15.0 Å². The van der Waals surface area contributed by atoms with E-state index in [1.807, 2.05) is 38.1 Å². The SMILES string of the molecule is CCS(=O)(=O)c1nsc(NC(=O)/C(C#N)=C\c2ccc(OCCOc3c(C)cccc3C)c(OC)c2)n1. The van der Waals surface area contributed by atoms with Crippen molar-refractivity contribution < 1.29 is 27.4 Å². The fourth-order valence-corrected chi connectivity index (χ4v) is 4.79. The molecule has 0 radical (unpaired) electrons. The molecule has 194 valence electrons. The molecule has 0 unspecified atom stereocenters. The largest absolute Gasteiger partial charge is 0.493 e. The van der Waals surface area contributed by atoms with Crippen LogP contribution in [0.5, 0.6) is 17.2 Å². The number of sulfone groups is 1. The maximum absolute atomic E-state index is 12.6. The number of aromatic nitrogens is 2. The molecule has 1 amide bonds. The van der Waals surface area contributed by atoms with Crippen molar-refractivity contribution in [1.29, 1.82) is 5.26 Å². The van der Waals surface area contributed by atoms with E-state index < -0.39 is 15.7 Å². The number of nitriles is 1. The molecule has 0 aliphatic rings. The third-order valence-electron chi connectivity index (χ3n) is 5.15. The fourth-order valence-electron chi connectivity index (χ4n) is 3.21. The van der Waals surface area contributed by atoms with Crippen molar-refractivity contribution in [3.8, 4) is 23.3 Å². The maximum Gasteiger partial charge on any atom is 0.268 e. The number of benzene rings is 2. The average Bonchev–Trinajstić information content (AvgIpc) is 3.36. The summed E-state index contributed by atoms with van der Waals surface area (Å²) in [5.41, 5.74) is 2.40. The highest BCUT2D eigenvalue weighted by molar-refractivity contribution is 7.91. The van der Waals surface area contributed by atoms with Gasteiger partial charge in [-0.2, -0.15) is 14.6 Å². The summed E-state index contributed by atoms with van der Waals surface area (Å²) in [7, 11) is -2.12. The molecule has 3 rings (SSSR count). The minimum atomic E-state index is -3.60. The lowest BCUT2D eigenvalue weighted by molar-refractivity contribution is -0.112. The number of hydrogen-bond donors (Lipinski definition) is 1. The van der Waals surface area contributed by atoms with Crippen LogP contribution in [0.15, 0.2) is 47.1 Å². The Balaban J connectivity index is 1.66. The third-order valence-corrected chi connectivity index (χ3v) is 7.39. The van der Waals surface area contributed by atoms with E-state index in [4.69, 9.17) is 14.2 Å². The van der Waals surface area contributed by atoms with Gasteiger partial charge in [0.05, 0.1) is 12.9 Å². The van der Waals surface area contributed by atoms with Crippen LogP contribution >= 0.6 is 11.5 Å². The minimum Gasteiger partial charge on any atom is -0.493 e. The van der Waals surface area contributed by atoms with Crippen molar-refractivity contribution in [2.45, 2.75) is 25.9 Å². The average molecular weight is 543 g/mol. The monoisotopic (exact) mass is 542 g/mol. The van der Waals surface area contributed by atoms with Crippen molar-refractivity contribution >= 4 is 38.5 Å². The standard InChI is InChI=1S/C25H26N4O6S2/c1-5-37(31,32)25-28-24(36-29-25)27-23(30)19(15-26)13-18-9-10-20(21(14-18)33-4)34-11-12-35-22-16(2)7-6-8-17(22)3/h6-10,13-14H,5,11-12H2,1-4H3,(H,27,28,29,30)/b19-13-. The lowest BCUT2D eigenvalue weighted by Gasteiger charge is -2.14. The number of nitrogens with one attached hydrogen (secondary N) is 1. The second-order valence-electron chi connectivity index (χ2n) is 7.74. The van der Waals surface area contributed by atoms with Crippen LogP contribution in [0, 0.1) is 25.2 Å². The first kappa shape index (κ1) is 27.6. The summed E-state index contributed by atoms with van der Waals surface area (Å²) in [6.45, 7) is 6.05. The normalized spacial score (nSPS) is 11.5.